The predicted molar refractivity (Wildman–Crippen MR) is 97.0 cm³/mol. The molecule has 0 aromatic rings. The van der Waals surface area contributed by atoms with Gasteiger partial charge in [-0.15, -0.1) is 15.8 Å². The molecule has 0 aliphatic heterocycles. The Balaban J connectivity index is -0.00000162. The zero-order valence-electron chi connectivity index (χ0n) is 15.2. The Morgan fingerprint density at radius 3 is 1.05 bits per heavy atom. The van der Waals surface area contributed by atoms with Crippen LogP contribution in [0.1, 0.15) is 55.4 Å². The molecule has 0 atom stereocenters. The molecule has 0 aliphatic rings. The first-order valence-electron chi connectivity index (χ1n) is 7.99. The Labute approximate surface area is 156 Å². The number of hydrogen-bond donors (Lipinski definition) is 1. The molecule has 0 aromatic heterocycles. The zero-order chi connectivity index (χ0) is 15.0. The summed E-state index contributed by atoms with van der Waals surface area (Å²) in [5.74, 6) is 0. The van der Waals surface area contributed by atoms with Crippen LogP contribution in [0.2, 0.25) is 0 Å². The van der Waals surface area contributed by atoms with Crippen LogP contribution in [-0.4, -0.2) is 48.0 Å². The molecular formula is C16H37ClIrNP2+2. The number of nitrogens with one attached hydrogen (secondary N) is 1. The Bertz CT molecular complexity index is 188. The van der Waals surface area contributed by atoms with Crippen LogP contribution in [0.25, 0.3) is 0 Å². The van der Waals surface area contributed by atoms with E-state index in [2.05, 4.69) is 60.7 Å². The van der Waals surface area contributed by atoms with Gasteiger partial charge in [0.2, 0.25) is 0 Å². The van der Waals surface area contributed by atoms with E-state index in [1.807, 2.05) is 0 Å². The smallest absolute Gasteiger partial charge is 1.00 e. The van der Waals surface area contributed by atoms with Crippen molar-refractivity contribution in [1.82, 2.24) is 5.32 Å². The van der Waals surface area contributed by atoms with Crippen LogP contribution in [-0.2, 0) is 20.1 Å². The Hall–Kier alpha value is 1.76. The summed E-state index contributed by atoms with van der Waals surface area (Å²) < 4.78 is 0. The molecule has 0 rings (SSSR count). The molecule has 5 heteroatoms. The van der Waals surface area contributed by atoms with Crippen molar-refractivity contribution in [2.45, 2.75) is 78.0 Å². The summed E-state index contributed by atoms with van der Waals surface area (Å²) in [6.45, 7) is 21.6. The molecule has 130 valence electrons. The molecule has 0 unspecified atom stereocenters. The average molecular weight is 533 g/mol. The topological polar surface area (TPSA) is 12.0 Å². The third-order valence-electron chi connectivity index (χ3n) is 3.75. The Morgan fingerprint density at radius 1 is 0.619 bits per heavy atom. The second-order valence-electron chi connectivity index (χ2n) is 6.60. The fourth-order valence-corrected chi connectivity index (χ4v) is 8.05. The van der Waals surface area contributed by atoms with Crippen molar-refractivity contribution in [3.05, 3.63) is 0 Å². The van der Waals surface area contributed by atoms with Gasteiger partial charge in [0.25, 0.3) is 0 Å². The minimum absolute atomic E-state index is 0. The first kappa shape index (κ1) is 27.6. The summed E-state index contributed by atoms with van der Waals surface area (Å²) >= 11 is 0. The maximum Gasteiger partial charge on any atom is 3.00 e. The van der Waals surface area contributed by atoms with Gasteiger partial charge in [-0.05, 0) is 48.0 Å². The number of halogens is 1. The Kier molecular flexibility index (Phi) is 20.1. The molecule has 1 N–H and O–H groups in total. The molecule has 0 aromatic carbocycles. The van der Waals surface area contributed by atoms with Gasteiger partial charge in [0.15, 0.2) is 0 Å². The molecule has 0 bridgehead atoms. The summed E-state index contributed by atoms with van der Waals surface area (Å²) in [5, 5.41) is 3.70. The molecular weight excluding hydrogens is 496 g/mol. The van der Waals surface area contributed by atoms with Crippen LogP contribution in [0, 0.1) is 0 Å². The monoisotopic (exact) mass is 533 g/mol. The molecule has 21 heavy (non-hydrogen) atoms. The molecule has 0 saturated carbocycles. The minimum atomic E-state index is 0. The van der Waals surface area contributed by atoms with Gasteiger partial charge >= 0.3 is 20.1 Å². The van der Waals surface area contributed by atoms with Crippen molar-refractivity contribution in [2.75, 3.05) is 25.4 Å². The summed E-state index contributed by atoms with van der Waals surface area (Å²) in [6.07, 6.45) is 2.79. The van der Waals surface area contributed by atoms with Crippen LogP contribution in [0.4, 0.5) is 0 Å². The normalized spacial score (nSPS) is 11.7. The van der Waals surface area contributed by atoms with Crippen LogP contribution in [0.15, 0.2) is 0 Å². The van der Waals surface area contributed by atoms with Gasteiger partial charge in [0.1, 0.15) is 0 Å². The molecule has 0 amide bonds. The van der Waals surface area contributed by atoms with Gasteiger partial charge < -0.3 is 17.7 Å². The number of hydrogen-bond acceptors (Lipinski definition) is 1. The van der Waals surface area contributed by atoms with Crippen LogP contribution >= 0.6 is 15.8 Å². The maximum atomic E-state index is 3.70. The quantitative estimate of drug-likeness (QED) is 0.336. The summed E-state index contributed by atoms with van der Waals surface area (Å²) in [7, 11) is 0.415. The van der Waals surface area contributed by atoms with Gasteiger partial charge in [-0.3, -0.25) is 0 Å². The van der Waals surface area contributed by atoms with Gasteiger partial charge in [-0.1, -0.05) is 55.4 Å². The third kappa shape index (κ3) is 12.8. The second kappa shape index (κ2) is 15.3. The van der Waals surface area contributed by atoms with Crippen LogP contribution in [0.3, 0.4) is 0 Å². The van der Waals surface area contributed by atoms with E-state index in [1.165, 1.54) is 25.4 Å². The summed E-state index contributed by atoms with van der Waals surface area (Å²) in [6, 6.07) is 0. The number of rotatable bonds is 10. The van der Waals surface area contributed by atoms with Crippen LogP contribution in [0.5, 0.6) is 0 Å². The molecule has 0 saturated heterocycles. The van der Waals surface area contributed by atoms with Gasteiger partial charge in [0.05, 0.1) is 0 Å². The van der Waals surface area contributed by atoms with E-state index in [0.29, 0.717) is 0 Å². The minimum Gasteiger partial charge on any atom is -1.00 e. The fourth-order valence-electron chi connectivity index (χ4n) is 2.77. The largest absolute Gasteiger partial charge is 3.00 e. The molecule has 1 nitrogen and oxygen atoms in total. The fraction of sp³-hybridized carbons (Fsp3) is 1.00. The van der Waals surface area contributed by atoms with Crippen molar-refractivity contribution in [1.29, 1.82) is 0 Å². The van der Waals surface area contributed by atoms with Crippen molar-refractivity contribution >= 4 is 15.8 Å². The summed E-state index contributed by atoms with van der Waals surface area (Å²) in [5.41, 5.74) is 3.50. The Morgan fingerprint density at radius 2 is 0.857 bits per heavy atom. The predicted octanol–water partition coefficient (Wildman–Crippen LogP) is 2.17. The van der Waals surface area contributed by atoms with Crippen molar-refractivity contribution in [3.63, 3.8) is 0 Å². The molecule has 0 aliphatic carbocycles. The maximum absolute atomic E-state index is 3.70. The van der Waals surface area contributed by atoms with Crippen LogP contribution < -0.4 is 17.7 Å². The van der Waals surface area contributed by atoms with Crippen molar-refractivity contribution in [3.8, 4) is 0 Å². The third-order valence-corrected chi connectivity index (χ3v) is 10.5. The molecule has 0 heterocycles. The zero-order valence-corrected chi connectivity index (χ0v) is 20.2. The van der Waals surface area contributed by atoms with E-state index in [-0.39, 0.29) is 48.4 Å². The first-order chi connectivity index (χ1) is 8.77. The van der Waals surface area contributed by atoms with Crippen molar-refractivity contribution in [2.24, 2.45) is 0 Å². The van der Waals surface area contributed by atoms with E-state index >= 15 is 0 Å². The SMILES string of the molecule is CC(C)P(CCNCCP(C(C)C)C(C)C)C(C)C.[Cl-].[Ir+3]. The van der Waals surface area contributed by atoms with E-state index in [1.54, 1.807) is 0 Å². The van der Waals surface area contributed by atoms with Crippen molar-refractivity contribution < 1.29 is 32.5 Å². The van der Waals surface area contributed by atoms with Gasteiger partial charge in [-0.2, -0.15) is 0 Å². The van der Waals surface area contributed by atoms with E-state index < -0.39 is 0 Å². The molecule has 0 fully saturated rings. The summed E-state index contributed by atoms with van der Waals surface area (Å²) in [4.78, 5) is 0. The second-order valence-corrected chi connectivity index (χ2v) is 13.7. The van der Waals surface area contributed by atoms with E-state index in [0.717, 1.165) is 22.6 Å². The van der Waals surface area contributed by atoms with E-state index in [9.17, 15) is 0 Å². The van der Waals surface area contributed by atoms with Gasteiger partial charge in [-0.25, -0.2) is 0 Å². The first-order valence-corrected chi connectivity index (χ1v) is 11.3. The molecule has 0 spiro atoms. The standard InChI is InChI=1S/C16H37NP2.ClH.Ir/c1-13(2)18(14(3)4)11-9-17-10-12-19(15(5)6)16(7)8;;/h13-17H,9-12H2,1-8H3;1H;/q;;+3/p-1. The average Bonchev–Trinajstić information content (AvgIpc) is 2.25. The van der Waals surface area contributed by atoms with Gasteiger partial charge in [0, 0.05) is 0 Å². The van der Waals surface area contributed by atoms with E-state index in [4.69, 9.17) is 0 Å². The molecule has 0 radical (unpaired) electrons.